The lowest BCUT2D eigenvalue weighted by molar-refractivity contribution is 0.263. The zero-order valence-electron chi connectivity index (χ0n) is 12.0. The van der Waals surface area contributed by atoms with E-state index in [0.29, 0.717) is 13.2 Å². The van der Waals surface area contributed by atoms with E-state index in [2.05, 4.69) is 12.1 Å². The maximum atomic E-state index is 5.64. The minimum Gasteiger partial charge on any atom is -0.491 e. The van der Waals surface area contributed by atoms with E-state index in [1.807, 2.05) is 36.4 Å². The van der Waals surface area contributed by atoms with Gasteiger partial charge in [-0.05, 0) is 35.4 Å². The van der Waals surface area contributed by atoms with Gasteiger partial charge in [0.15, 0.2) is 5.76 Å². The molecule has 2 aromatic carbocycles. The molecule has 112 valence electrons. The molecule has 0 spiro atoms. The fourth-order valence-electron chi connectivity index (χ4n) is 2.07. The summed E-state index contributed by atoms with van der Waals surface area (Å²) in [5, 5.41) is 0. The summed E-state index contributed by atoms with van der Waals surface area (Å²) in [4.78, 5) is 0. The third kappa shape index (κ3) is 3.40. The third-order valence-corrected chi connectivity index (χ3v) is 3.52. The van der Waals surface area contributed by atoms with Crippen LogP contribution in [0.25, 0.3) is 11.1 Å². The topological polar surface area (TPSA) is 43.5 Å². The van der Waals surface area contributed by atoms with Gasteiger partial charge >= 0.3 is 0 Å². The van der Waals surface area contributed by atoms with E-state index in [4.69, 9.17) is 18.9 Å². The summed E-state index contributed by atoms with van der Waals surface area (Å²) in [6, 6.07) is 16.0. The Labute approximate surface area is 128 Å². The number of ether oxygens (including phenoxy) is 4. The summed E-state index contributed by atoms with van der Waals surface area (Å²) in [6.45, 7) is 2.12. The molecule has 4 heteroatoms. The van der Waals surface area contributed by atoms with Crippen molar-refractivity contribution < 1.29 is 18.9 Å². The van der Waals surface area contributed by atoms with Gasteiger partial charge in [-0.1, -0.05) is 24.3 Å². The molecule has 2 aromatic rings. The Bertz CT molecular complexity index is 663. The van der Waals surface area contributed by atoms with Gasteiger partial charge in [-0.25, -0.2) is 0 Å². The van der Waals surface area contributed by atoms with Crippen LogP contribution in [0.4, 0.5) is 0 Å². The minimum atomic E-state index is 0.281. The maximum Gasteiger partial charge on any atom is 0.169 e. The summed E-state index contributed by atoms with van der Waals surface area (Å²) in [5.41, 5.74) is 2.28. The molecule has 0 radical (unpaired) electrons. The Kier molecular flexibility index (Phi) is 3.45. The van der Waals surface area contributed by atoms with Crippen LogP contribution in [0, 0.1) is 0 Å². The van der Waals surface area contributed by atoms with E-state index in [-0.39, 0.29) is 6.10 Å². The van der Waals surface area contributed by atoms with Gasteiger partial charge in [0.1, 0.15) is 37.1 Å². The molecule has 0 bridgehead atoms. The Morgan fingerprint density at radius 1 is 0.955 bits per heavy atom. The van der Waals surface area contributed by atoms with Crippen LogP contribution in [-0.4, -0.2) is 25.9 Å². The molecule has 4 nitrogen and oxygen atoms in total. The second-order valence-electron chi connectivity index (χ2n) is 5.31. The molecule has 2 aliphatic heterocycles. The largest absolute Gasteiger partial charge is 0.491 e. The molecular formula is C18H16O4. The molecule has 2 heterocycles. The van der Waals surface area contributed by atoms with Gasteiger partial charge in [0, 0.05) is 0 Å². The van der Waals surface area contributed by atoms with Gasteiger partial charge in [-0.3, -0.25) is 0 Å². The number of rotatable bonds is 6. The van der Waals surface area contributed by atoms with Crippen LogP contribution in [-0.2, 0) is 9.47 Å². The summed E-state index contributed by atoms with van der Waals surface area (Å²) in [7, 11) is 0. The molecule has 0 aromatic heterocycles. The molecule has 2 fully saturated rings. The lowest BCUT2D eigenvalue weighted by Crippen LogP contribution is -2.03. The fraction of sp³-hybridized carbons (Fsp3) is 0.222. The van der Waals surface area contributed by atoms with Gasteiger partial charge in [0.25, 0.3) is 0 Å². The van der Waals surface area contributed by atoms with E-state index in [1.165, 1.54) is 0 Å². The molecule has 0 aliphatic carbocycles. The van der Waals surface area contributed by atoms with Crippen LogP contribution in [0.5, 0.6) is 11.5 Å². The van der Waals surface area contributed by atoms with E-state index in [9.17, 15) is 0 Å². The van der Waals surface area contributed by atoms with Crippen molar-refractivity contribution in [2.75, 3.05) is 19.8 Å². The van der Waals surface area contributed by atoms with E-state index in [1.54, 1.807) is 6.26 Å². The summed E-state index contributed by atoms with van der Waals surface area (Å²) >= 11 is 0. The smallest absolute Gasteiger partial charge is 0.169 e. The fourth-order valence-corrected chi connectivity index (χ4v) is 2.07. The molecule has 2 saturated heterocycles. The molecule has 4 rings (SSSR count). The summed E-state index contributed by atoms with van der Waals surface area (Å²) in [6.07, 6.45) is 1.92. The van der Waals surface area contributed by atoms with Crippen molar-refractivity contribution in [2.45, 2.75) is 6.10 Å². The van der Waals surface area contributed by atoms with Gasteiger partial charge < -0.3 is 18.9 Å². The zero-order valence-corrected chi connectivity index (χ0v) is 12.0. The average molecular weight is 296 g/mol. The second-order valence-corrected chi connectivity index (χ2v) is 5.31. The van der Waals surface area contributed by atoms with E-state index < -0.39 is 0 Å². The van der Waals surface area contributed by atoms with Crippen LogP contribution in [0.2, 0.25) is 0 Å². The Morgan fingerprint density at radius 2 is 1.55 bits per heavy atom. The van der Waals surface area contributed by atoms with Crippen LogP contribution in [0.15, 0.2) is 60.6 Å². The highest BCUT2D eigenvalue weighted by atomic mass is 16.6. The number of benzene rings is 2. The molecule has 22 heavy (non-hydrogen) atoms. The van der Waals surface area contributed by atoms with E-state index >= 15 is 0 Å². The second kappa shape index (κ2) is 5.73. The van der Waals surface area contributed by atoms with Crippen molar-refractivity contribution in [2.24, 2.45) is 0 Å². The average Bonchev–Trinajstić information content (AvgIpc) is 3.47. The Hall–Kier alpha value is -2.46. The molecule has 0 amide bonds. The lowest BCUT2D eigenvalue weighted by Gasteiger charge is -2.07. The van der Waals surface area contributed by atoms with Crippen LogP contribution in [0.1, 0.15) is 0 Å². The predicted octanol–water partition coefficient (Wildman–Crippen LogP) is 3.38. The molecule has 1 unspecified atom stereocenters. The number of hydrogen-bond acceptors (Lipinski definition) is 4. The first-order valence-corrected chi connectivity index (χ1v) is 7.30. The van der Waals surface area contributed by atoms with Crippen molar-refractivity contribution in [3.63, 3.8) is 0 Å². The van der Waals surface area contributed by atoms with Gasteiger partial charge in [-0.2, -0.15) is 0 Å². The highest BCUT2D eigenvalue weighted by Crippen LogP contribution is 2.25. The highest BCUT2D eigenvalue weighted by Gasteiger charge is 2.22. The molecule has 2 aliphatic rings. The lowest BCUT2D eigenvalue weighted by atomic mass is 10.1. The van der Waals surface area contributed by atoms with E-state index in [0.717, 1.165) is 35.0 Å². The minimum absolute atomic E-state index is 0.281. The van der Waals surface area contributed by atoms with Crippen molar-refractivity contribution >= 4 is 0 Å². The van der Waals surface area contributed by atoms with Crippen molar-refractivity contribution in [3.05, 3.63) is 60.6 Å². The Balaban J connectivity index is 1.40. The first-order chi connectivity index (χ1) is 10.9. The quantitative estimate of drug-likeness (QED) is 0.605. The summed E-state index contributed by atoms with van der Waals surface area (Å²) in [5.74, 6) is 2.56. The molecule has 0 N–H and O–H groups in total. The van der Waals surface area contributed by atoms with Crippen LogP contribution < -0.4 is 9.47 Å². The standard InChI is InChI=1S/C18H16O4/c1-5-15(19-9-17-11-21-17)6-2-13(1)14-3-7-16(8-4-14)20-10-18-12-22-18/h1-9,18H,10-12H2/b17-9-. The van der Waals surface area contributed by atoms with Crippen molar-refractivity contribution in [1.82, 2.24) is 0 Å². The molecule has 1 atom stereocenters. The monoisotopic (exact) mass is 296 g/mol. The molecule has 0 saturated carbocycles. The zero-order chi connectivity index (χ0) is 14.8. The maximum absolute atomic E-state index is 5.64. The third-order valence-electron chi connectivity index (χ3n) is 3.52. The van der Waals surface area contributed by atoms with Crippen LogP contribution in [0.3, 0.4) is 0 Å². The van der Waals surface area contributed by atoms with Gasteiger partial charge in [-0.15, -0.1) is 0 Å². The van der Waals surface area contributed by atoms with Crippen LogP contribution >= 0.6 is 0 Å². The van der Waals surface area contributed by atoms with Crippen molar-refractivity contribution in [3.8, 4) is 22.6 Å². The first-order valence-electron chi connectivity index (χ1n) is 7.30. The highest BCUT2D eigenvalue weighted by molar-refractivity contribution is 5.64. The predicted molar refractivity (Wildman–Crippen MR) is 81.8 cm³/mol. The van der Waals surface area contributed by atoms with Gasteiger partial charge in [0.05, 0.1) is 6.61 Å². The number of hydrogen-bond donors (Lipinski definition) is 0. The Morgan fingerprint density at radius 3 is 2.09 bits per heavy atom. The summed E-state index contributed by atoms with van der Waals surface area (Å²) < 4.78 is 21.2. The first kappa shape index (κ1) is 13.2. The molecular weight excluding hydrogens is 280 g/mol. The number of epoxide rings is 2. The SMILES string of the molecule is C(/Oc1ccc(-c2ccc(OCC3CO3)cc2)cc1)=C1\CO1. The van der Waals surface area contributed by atoms with Gasteiger partial charge in [0.2, 0.25) is 0 Å². The normalized spacial score (nSPS) is 20.4. The van der Waals surface area contributed by atoms with Crippen molar-refractivity contribution in [1.29, 1.82) is 0 Å².